The largest absolute Gasteiger partial charge is 0.395 e. The molecule has 3 heteroatoms. The lowest BCUT2D eigenvalue weighted by molar-refractivity contribution is 0.142. The Kier molecular flexibility index (Phi) is 9.79. The molecule has 2 N–H and O–H groups in total. The van der Waals surface area contributed by atoms with Crippen LogP contribution in [-0.2, 0) is 0 Å². The quantitative estimate of drug-likeness (QED) is 0.619. The molecule has 0 aromatic carbocycles. The fraction of sp³-hybridized carbons (Fsp3) is 1.00. The van der Waals surface area contributed by atoms with Crippen LogP contribution in [0.15, 0.2) is 0 Å². The molecule has 0 radical (unpaired) electrons. The van der Waals surface area contributed by atoms with Crippen LogP contribution in [0.4, 0.5) is 0 Å². The molecule has 0 rings (SSSR count). The first-order valence-electron chi connectivity index (χ1n) is 7.16. The lowest BCUT2D eigenvalue weighted by Crippen LogP contribution is -2.48. The van der Waals surface area contributed by atoms with Crippen molar-refractivity contribution in [1.82, 2.24) is 10.2 Å². The number of aliphatic hydroxyl groups is 1. The molecule has 0 spiro atoms. The van der Waals surface area contributed by atoms with E-state index in [1.807, 2.05) is 0 Å². The van der Waals surface area contributed by atoms with Crippen molar-refractivity contribution in [2.24, 2.45) is 0 Å². The third-order valence-corrected chi connectivity index (χ3v) is 3.26. The summed E-state index contributed by atoms with van der Waals surface area (Å²) in [6, 6.07) is 1.22. The van der Waals surface area contributed by atoms with Gasteiger partial charge in [-0.05, 0) is 26.3 Å². The van der Waals surface area contributed by atoms with E-state index in [0.29, 0.717) is 12.1 Å². The predicted molar refractivity (Wildman–Crippen MR) is 75.4 cm³/mol. The van der Waals surface area contributed by atoms with Crippen molar-refractivity contribution in [3.8, 4) is 0 Å². The first-order valence-corrected chi connectivity index (χ1v) is 7.16. The Morgan fingerprint density at radius 1 is 1.18 bits per heavy atom. The van der Waals surface area contributed by atoms with E-state index in [0.717, 1.165) is 13.1 Å². The van der Waals surface area contributed by atoms with E-state index in [1.54, 1.807) is 0 Å². The summed E-state index contributed by atoms with van der Waals surface area (Å²) in [5.41, 5.74) is 0. The van der Waals surface area contributed by atoms with E-state index in [9.17, 15) is 5.11 Å². The Morgan fingerprint density at radius 2 is 1.82 bits per heavy atom. The van der Waals surface area contributed by atoms with E-state index in [4.69, 9.17) is 0 Å². The molecule has 17 heavy (non-hydrogen) atoms. The normalized spacial score (nSPS) is 15.5. The van der Waals surface area contributed by atoms with Gasteiger partial charge in [0.15, 0.2) is 0 Å². The fourth-order valence-corrected chi connectivity index (χ4v) is 2.03. The van der Waals surface area contributed by atoms with Crippen molar-refractivity contribution in [3.05, 3.63) is 0 Å². The Morgan fingerprint density at radius 3 is 2.24 bits per heavy atom. The van der Waals surface area contributed by atoms with Crippen LogP contribution in [0.25, 0.3) is 0 Å². The Balaban J connectivity index is 4.26. The van der Waals surface area contributed by atoms with Crippen LogP contribution in [0.2, 0.25) is 0 Å². The van der Waals surface area contributed by atoms with Gasteiger partial charge in [0.2, 0.25) is 0 Å². The first kappa shape index (κ1) is 16.9. The van der Waals surface area contributed by atoms with Gasteiger partial charge in [0.1, 0.15) is 0 Å². The number of nitrogens with one attached hydrogen (secondary N) is 1. The van der Waals surface area contributed by atoms with Gasteiger partial charge in [-0.2, -0.15) is 0 Å². The molecule has 0 aliphatic carbocycles. The summed E-state index contributed by atoms with van der Waals surface area (Å²) in [6.07, 6.45) is 3.64. The topological polar surface area (TPSA) is 35.5 Å². The van der Waals surface area contributed by atoms with Crippen LogP contribution in [0.1, 0.15) is 53.9 Å². The van der Waals surface area contributed by atoms with Crippen molar-refractivity contribution >= 4 is 0 Å². The number of hydrogen-bond donors (Lipinski definition) is 2. The first-order chi connectivity index (χ1) is 8.04. The summed E-state index contributed by atoms with van der Waals surface area (Å²) in [6.45, 7) is 13.3. The van der Waals surface area contributed by atoms with Gasteiger partial charge in [-0.1, -0.05) is 34.1 Å². The van der Waals surface area contributed by atoms with Gasteiger partial charge in [0.05, 0.1) is 6.61 Å². The molecule has 0 heterocycles. The molecule has 0 aliphatic rings. The molecular formula is C14H32N2O. The second-order valence-electron chi connectivity index (χ2n) is 5.31. The van der Waals surface area contributed by atoms with Gasteiger partial charge in [-0.3, -0.25) is 4.90 Å². The minimum atomic E-state index is 0.195. The van der Waals surface area contributed by atoms with Gasteiger partial charge in [0.25, 0.3) is 0 Å². The maximum atomic E-state index is 9.41. The average molecular weight is 244 g/mol. The molecule has 0 saturated heterocycles. The number of nitrogens with zero attached hydrogens (tertiary/aromatic N) is 1. The van der Waals surface area contributed by atoms with E-state index in [2.05, 4.69) is 44.8 Å². The van der Waals surface area contributed by atoms with Crippen LogP contribution >= 0.6 is 0 Å². The molecule has 0 aromatic heterocycles. The van der Waals surface area contributed by atoms with Gasteiger partial charge in [0, 0.05) is 24.7 Å². The van der Waals surface area contributed by atoms with Crippen LogP contribution in [0, 0.1) is 0 Å². The monoisotopic (exact) mass is 244 g/mol. The molecule has 0 aromatic rings. The highest BCUT2D eigenvalue weighted by Gasteiger charge is 2.17. The summed E-state index contributed by atoms with van der Waals surface area (Å²) in [5, 5.41) is 12.8. The average Bonchev–Trinajstić information content (AvgIpc) is 2.31. The molecule has 0 fully saturated rings. The third-order valence-electron chi connectivity index (χ3n) is 3.26. The van der Waals surface area contributed by atoms with Crippen molar-refractivity contribution < 1.29 is 5.11 Å². The number of unbranched alkanes of at least 4 members (excludes halogenated alkanes) is 1. The zero-order chi connectivity index (χ0) is 13.3. The highest BCUT2D eigenvalue weighted by molar-refractivity contribution is 4.76. The van der Waals surface area contributed by atoms with E-state index in [1.165, 1.54) is 19.3 Å². The zero-order valence-electron chi connectivity index (χ0n) is 12.4. The maximum Gasteiger partial charge on any atom is 0.0597 e. The standard InChI is InChI=1S/C14H32N2O/c1-6-8-9-16(13(5)7-2)10-14(11-17)15-12(3)4/h12-15,17H,6-11H2,1-5H3. The van der Waals surface area contributed by atoms with Crippen molar-refractivity contribution in [1.29, 1.82) is 0 Å². The smallest absolute Gasteiger partial charge is 0.0597 e. The highest BCUT2D eigenvalue weighted by atomic mass is 16.3. The summed E-state index contributed by atoms with van der Waals surface area (Å²) in [4.78, 5) is 2.50. The van der Waals surface area contributed by atoms with Gasteiger partial charge in [-0.15, -0.1) is 0 Å². The van der Waals surface area contributed by atoms with Crippen LogP contribution in [0.5, 0.6) is 0 Å². The fourth-order valence-electron chi connectivity index (χ4n) is 2.03. The SMILES string of the molecule is CCCCN(CC(CO)NC(C)C)C(C)CC. The molecule has 2 unspecified atom stereocenters. The molecule has 0 amide bonds. The Labute approximate surface area is 108 Å². The number of rotatable bonds is 10. The predicted octanol–water partition coefficient (Wildman–Crippen LogP) is 2.25. The van der Waals surface area contributed by atoms with Crippen molar-refractivity contribution in [3.63, 3.8) is 0 Å². The number of aliphatic hydroxyl groups excluding tert-OH is 1. The molecule has 0 bridgehead atoms. The van der Waals surface area contributed by atoms with E-state index >= 15 is 0 Å². The van der Waals surface area contributed by atoms with E-state index < -0.39 is 0 Å². The highest BCUT2D eigenvalue weighted by Crippen LogP contribution is 2.07. The van der Waals surface area contributed by atoms with Crippen molar-refractivity contribution in [2.75, 3.05) is 19.7 Å². The minimum absolute atomic E-state index is 0.195. The number of hydrogen-bond acceptors (Lipinski definition) is 3. The third kappa shape index (κ3) is 7.74. The summed E-state index contributed by atoms with van der Waals surface area (Å²) >= 11 is 0. The van der Waals surface area contributed by atoms with Crippen LogP contribution in [0.3, 0.4) is 0 Å². The molecule has 3 nitrogen and oxygen atoms in total. The summed E-state index contributed by atoms with van der Waals surface area (Å²) in [7, 11) is 0. The van der Waals surface area contributed by atoms with Gasteiger partial charge < -0.3 is 10.4 Å². The summed E-state index contributed by atoms with van der Waals surface area (Å²) < 4.78 is 0. The van der Waals surface area contributed by atoms with Gasteiger partial charge in [-0.25, -0.2) is 0 Å². The Bertz CT molecular complexity index is 174. The second kappa shape index (κ2) is 9.86. The maximum absolute atomic E-state index is 9.41. The molecule has 0 aliphatic heterocycles. The molecule has 104 valence electrons. The van der Waals surface area contributed by atoms with Gasteiger partial charge >= 0.3 is 0 Å². The molecule has 2 atom stereocenters. The zero-order valence-corrected chi connectivity index (χ0v) is 12.4. The minimum Gasteiger partial charge on any atom is -0.395 e. The van der Waals surface area contributed by atoms with E-state index in [-0.39, 0.29) is 12.6 Å². The Hall–Kier alpha value is -0.120. The summed E-state index contributed by atoms with van der Waals surface area (Å²) in [5.74, 6) is 0. The second-order valence-corrected chi connectivity index (χ2v) is 5.31. The molecule has 0 saturated carbocycles. The van der Waals surface area contributed by atoms with Crippen LogP contribution in [-0.4, -0.2) is 47.8 Å². The lowest BCUT2D eigenvalue weighted by atomic mass is 10.1. The van der Waals surface area contributed by atoms with Crippen LogP contribution < -0.4 is 5.32 Å². The lowest BCUT2D eigenvalue weighted by Gasteiger charge is -2.32. The molecular weight excluding hydrogens is 212 g/mol. The van der Waals surface area contributed by atoms with Crippen molar-refractivity contribution in [2.45, 2.75) is 72.0 Å².